The third-order valence-corrected chi connectivity index (χ3v) is 8.35. The van der Waals surface area contributed by atoms with Crippen LogP contribution in [-0.2, 0) is 14.8 Å². The Balaban J connectivity index is 2.01. The molecule has 2 aromatic rings. The average molecular weight is 413 g/mol. The Morgan fingerprint density at radius 3 is 2.65 bits per heavy atom. The number of rotatable bonds is 8. The predicted molar refractivity (Wildman–Crippen MR) is 110 cm³/mol. The van der Waals surface area contributed by atoms with Crippen LogP contribution in [0, 0.1) is 6.92 Å². The normalized spacial score (nSPS) is 13.0. The summed E-state index contributed by atoms with van der Waals surface area (Å²) in [6, 6.07) is 9.09. The Kier molecular flexibility index (Phi) is 7.28. The second-order valence-electron chi connectivity index (χ2n) is 6.05. The number of sulfonamides is 1. The lowest BCUT2D eigenvalue weighted by atomic mass is 10.2. The van der Waals surface area contributed by atoms with Crippen molar-refractivity contribution in [2.24, 2.45) is 0 Å². The maximum Gasteiger partial charge on any atom is 0.252 e. The second-order valence-corrected chi connectivity index (χ2v) is 10.8. The van der Waals surface area contributed by atoms with Crippen molar-refractivity contribution < 1.29 is 13.2 Å². The van der Waals surface area contributed by atoms with Crippen LogP contribution in [0.1, 0.15) is 25.8 Å². The minimum atomic E-state index is -3.63. The van der Waals surface area contributed by atoms with Crippen molar-refractivity contribution in [3.63, 3.8) is 0 Å². The van der Waals surface area contributed by atoms with Gasteiger partial charge < -0.3 is 5.32 Å². The van der Waals surface area contributed by atoms with Crippen molar-refractivity contribution >= 4 is 44.7 Å². The zero-order valence-corrected chi connectivity index (χ0v) is 17.8. The van der Waals surface area contributed by atoms with E-state index in [0.29, 0.717) is 10.9 Å². The van der Waals surface area contributed by atoms with E-state index in [-0.39, 0.29) is 16.7 Å². The van der Waals surface area contributed by atoms with Gasteiger partial charge in [-0.3, -0.25) is 4.79 Å². The Morgan fingerprint density at radius 1 is 1.35 bits per heavy atom. The molecule has 0 aliphatic carbocycles. The van der Waals surface area contributed by atoms with Gasteiger partial charge in [-0.25, -0.2) is 8.42 Å². The molecule has 1 heterocycles. The molecule has 1 unspecified atom stereocenters. The molecule has 0 aliphatic rings. The molecule has 1 aromatic heterocycles. The van der Waals surface area contributed by atoms with Crippen LogP contribution in [0.3, 0.4) is 0 Å². The van der Waals surface area contributed by atoms with Crippen LogP contribution >= 0.6 is 23.1 Å². The number of hydrogen-bond acceptors (Lipinski definition) is 5. The summed E-state index contributed by atoms with van der Waals surface area (Å²) in [5.74, 6) is -0.363. The van der Waals surface area contributed by atoms with E-state index in [0.717, 1.165) is 32.5 Å². The van der Waals surface area contributed by atoms with Gasteiger partial charge in [-0.15, -0.1) is 23.1 Å². The molecule has 0 fully saturated rings. The first-order chi connectivity index (χ1) is 12.2. The number of nitrogens with zero attached hydrogens (tertiary/aromatic N) is 1. The molecule has 1 amide bonds. The summed E-state index contributed by atoms with van der Waals surface area (Å²) in [6.07, 6.45) is 1.09. The number of carbonyl (C=O) groups is 1. The van der Waals surface area contributed by atoms with Crippen molar-refractivity contribution in [1.29, 1.82) is 0 Å². The van der Waals surface area contributed by atoms with Crippen molar-refractivity contribution in [2.45, 2.75) is 41.5 Å². The molecule has 1 N–H and O–H groups in total. The van der Waals surface area contributed by atoms with Gasteiger partial charge in [0.1, 0.15) is 4.21 Å². The highest BCUT2D eigenvalue weighted by atomic mass is 32.2. The molecule has 0 saturated heterocycles. The maximum absolute atomic E-state index is 12.4. The fourth-order valence-electron chi connectivity index (χ4n) is 2.21. The Morgan fingerprint density at radius 2 is 2.08 bits per heavy atom. The predicted octanol–water partition coefficient (Wildman–Crippen LogP) is 4.21. The monoisotopic (exact) mass is 412 g/mol. The van der Waals surface area contributed by atoms with Crippen LogP contribution in [0.4, 0.5) is 5.69 Å². The first kappa shape index (κ1) is 21.0. The number of amides is 1. The van der Waals surface area contributed by atoms with E-state index in [1.807, 2.05) is 25.1 Å². The van der Waals surface area contributed by atoms with Gasteiger partial charge in [-0.1, -0.05) is 19.9 Å². The van der Waals surface area contributed by atoms with Crippen LogP contribution in [0.5, 0.6) is 0 Å². The molecule has 0 aliphatic heterocycles. The topological polar surface area (TPSA) is 66.5 Å². The largest absolute Gasteiger partial charge is 0.325 e. The molecule has 0 spiro atoms. The van der Waals surface area contributed by atoms with E-state index >= 15 is 0 Å². The number of likely N-dealkylation sites (N-methyl/N-ethyl adjacent to an activating group) is 1. The standard InChI is InChI=1S/C18H24N2O3S3/c1-5-14(3)25-15-8-9-16(13(2)11-15)19-17(21)12-20(4)26(22,23)18-7-6-10-24-18/h6-11,14H,5,12H2,1-4H3,(H,19,21). The molecular weight excluding hydrogens is 388 g/mol. The fourth-order valence-corrected chi connectivity index (χ4v) is 5.56. The summed E-state index contributed by atoms with van der Waals surface area (Å²) < 4.78 is 26.1. The van der Waals surface area contributed by atoms with E-state index in [4.69, 9.17) is 0 Å². The number of thiophene rings is 1. The summed E-state index contributed by atoms with van der Waals surface area (Å²) in [7, 11) is -2.22. The highest BCUT2D eigenvalue weighted by Gasteiger charge is 2.24. The molecule has 1 atom stereocenters. The van der Waals surface area contributed by atoms with Crippen LogP contribution in [0.2, 0.25) is 0 Å². The highest BCUT2D eigenvalue weighted by molar-refractivity contribution is 8.00. The molecule has 8 heteroatoms. The number of benzene rings is 1. The number of anilines is 1. The van der Waals surface area contributed by atoms with Gasteiger partial charge in [-0.2, -0.15) is 4.31 Å². The maximum atomic E-state index is 12.4. The van der Waals surface area contributed by atoms with Gasteiger partial charge >= 0.3 is 0 Å². The number of aryl methyl sites for hydroxylation is 1. The number of carbonyl (C=O) groups excluding carboxylic acids is 1. The van der Waals surface area contributed by atoms with Gasteiger partial charge in [0.2, 0.25) is 5.91 Å². The molecule has 0 saturated carbocycles. The van der Waals surface area contributed by atoms with E-state index in [1.165, 1.54) is 13.1 Å². The van der Waals surface area contributed by atoms with Crippen molar-refractivity contribution in [2.75, 3.05) is 18.9 Å². The van der Waals surface area contributed by atoms with E-state index in [1.54, 1.807) is 23.2 Å². The Bertz CT molecular complexity index is 849. The third kappa shape index (κ3) is 5.33. The molecule has 26 heavy (non-hydrogen) atoms. The molecule has 0 bridgehead atoms. The fraction of sp³-hybridized carbons (Fsp3) is 0.389. The Hall–Kier alpha value is -1.35. The minimum Gasteiger partial charge on any atom is -0.325 e. The van der Waals surface area contributed by atoms with Gasteiger partial charge in [0.05, 0.1) is 6.54 Å². The number of hydrogen-bond donors (Lipinski definition) is 1. The summed E-state index contributed by atoms with van der Waals surface area (Å²) in [5.41, 5.74) is 1.65. The SMILES string of the molecule is CCC(C)Sc1ccc(NC(=O)CN(C)S(=O)(=O)c2cccs2)c(C)c1. The van der Waals surface area contributed by atoms with E-state index in [2.05, 4.69) is 19.2 Å². The molecule has 142 valence electrons. The van der Waals surface area contributed by atoms with Gasteiger partial charge in [-0.05, 0) is 48.6 Å². The third-order valence-electron chi connectivity index (χ3n) is 3.91. The van der Waals surface area contributed by atoms with E-state index < -0.39 is 10.0 Å². The van der Waals surface area contributed by atoms with Crippen molar-refractivity contribution in [3.8, 4) is 0 Å². The average Bonchev–Trinajstić information content (AvgIpc) is 3.12. The molecule has 2 rings (SSSR count). The molecule has 0 radical (unpaired) electrons. The quantitative estimate of drug-likeness (QED) is 0.660. The first-order valence-corrected chi connectivity index (χ1v) is 11.5. The smallest absolute Gasteiger partial charge is 0.252 e. The lowest BCUT2D eigenvalue weighted by Crippen LogP contribution is -2.34. The van der Waals surface area contributed by atoms with Crippen LogP contribution in [-0.4, -0.2) is 37.5 Å². The molecular formula is C18H24N2O3S3. The summed E-state index contributed by atoms with van der Waals surface area (Å²) in [6.45, 7) is 6.03. The van der Waals surface area contributed by atoms with Gasteiger partial charge in [0.25, 0.3) is 10.0 Å². The number of nitrogens with one attached hydrogen (secondary N) is 1. The number of thioether (sulfide) groups is 1. The van der Waals surface area contributed by atoms with Crippen LogP contribution < -0.4 is 5.32 Å². The van der Waals surface area contributed by atoms with Gasteiger partial charge in [0.15, 0.2) is 0 Å². The zero-order chi connectivity index (χ0) is 19.3. The first-order valence-electron chi connectivity index (χ1n) is 8.31. The summed E-state index contributed by atoms with van der Waals surface area (Å²) in [4.78, 5) is 13.4. The van der Waals surface area contributed by atoms with Gasteiger partial charge in [0, 0.05) is 22.9 Å². The summed E-state index contributed by atoms with van der Waals surface area (Å²) >= 11 is 2.93. The highest BCUT2D eigenvalue weighted by Crippen LogP contribution is 2.28. The lowest BCUT2D eigenvalue weighted by molar-refractivity contribution is -0.116. The zero-order valence-electron chi connectivity index (χ0n) is 15.4. The van der Waals surface area contributed by atoms with Crippen LogP contribution in [0.25, 0.3) is 0 Å². The van der Waals surface area contributed by atoms with Crippen molar-refractivity contribution in [1.82, 2.24) is 4.31 Å². The molecule has 5 nitrogen and oxygen atoms in total. The Labute approximate surface area is 163 Å². The minimum absolute atomic E-state index is 0.232. The summed E-state index contributed by atoms with van der Waals surface area (Å²) in [5, 5.41) is 5.03. The lowest BCUT2D eigenvalue weighted by Gasteiger charge is -2.17. The van der Waals surface area contributed by atoms with E-state index in [9.17, 15) is 13.2 Å². The van der Waals surface area contributed by atoms with Crippen LogP contribution in [0.15, 0.2) is 44.8 Å². The van der Waals surface area contributed by atoms with Crippen molar-refractivity contribution in [3.05, 3.63) is 41.3 Å². The second kappa shape index (κ2) is 9.03. The molecule has 1 aromatic carbocycles.